The predicted octanol–water partition coefficient (Wildman–Crippen LogP) is 4.61. The van der Waals surface area contributed by atoms with Crippen LogP contribution in [0.25, 0.3) is 0 Å². The minimum absolute atomic E-state index is 0.0442. The molecule has 1 atom stereocenters. The van der Waals surface area contributed by atoms with Gasteiger partial charge in [-0.05, 0) is 37.1 Å². The molecule has 1 N–H and O–H groups in total. The maximum absolute atomic E-state index is 12.4. The van der Waals surface area contributed by atoms with Crippen LogP contribution in [0.1, 0.15) is 40.6 Å². The van der Waals surface area contributed by atoms with E-state index in [0.717, 1.165) is 39.5 Å². The van der Waals surface area contributed by atoms with Crippen molar-refractivity contribution in [3.63, 3.8) is 0 Å². The van der Waals surface area contributed by atoms with Crippen molar-refractivity contribution < 1.29 is 9.21 Å². The van der Waals surface area contributed by atoms with Gasteiger partial charge in [0.2, 0.25) is 0 Å². The lowest BCUT2D eigenvalue weighted by molar-refractivity contribution is 0.0932. The number of fused-ring (bicyclic) bond motifs is 1. The molecule has 0 saturated heterocycles. The molecule has 1 aromatic heterocycles. The van der Waals surface area contributed by atoms with Crippen LogP contribution in [0.4, 0.5) is 0 Å². The van der Waals surface area contributed by atoms with E-state index in [9.17, 15) is 4.79 Å². The van der Waals surface area contributed by atoms with Crippen LogP contribution in [-0.2, 0) is 6.42 Å². The van der Waals surface area contributed by atoms with Crippen molar-refractivity contribution in [2.24, 2.45) is 0 Å². The highest BCUT2D eigenvalue weighted by atomic mass is 79.9. The maximum Gasteiger partial charge on any atom is 0.251 e. The summed E-state index contributed by atoms with van der Waals surface area (Å²) in [6.07, 6.45) is 4.64. The van der Waals surface area contributed by atoms with Crippen molar-refractivity contribution >= 4 is 37.8 Å². The zero-order chi connectivity index (χ0) is 14.1. The first-order valence-corrected chi connectivity index (χ1v) is 8.05. The minimum atomic E-state index is -0.0638. The summed E-state index contributed by atoms with van der Waals surface area (Å²) in [5.74, 6) is 0.933. The van der Waals surface area contributed by atoms with Gasteiger partial charge in [-0.25, -0.2) is 0 Å². The molecule has 5 heteroatoms. The summed E-state index contributed by atoms with van der Waals surface area (Å²) in [6.45, 7) is 0. The Bertz CT molecular complexity index is 631. The first-order valence-electron chi connectivity index (χ1n) is 6.47. The zero-order valence-corrected chi connectivity index (χ0v) is 13.8. The smallest absolute Gasteiger partial charge is 0.251 e. The molecular weight excluding hydrogens is 386 g/mol. The topological polar surface area (TPSA) is 42.2 Å². The number of nitrogens with one attached hydrogen (secondary N) is 1. The SMILES string of the molecule is O=C(NC1CCCc2occc21)c1cc(Br)cc(Br)c1. The summed E-state index contributed by atoms with van der Waals surface area (Å²) >= 11 is 6.80. The van der Waals surface area contributed by atoms with Crippen molar-refractivity contribution in [2.75, 3.05) is 0 Å². The Hall–Kier alpha value is -1.07. The third kappa shape index (κ3) is 2.83. The van der Waals surface area contributed by atoms with Gasteiger partial charge in [0.05, 0.1) is 12.3 Å². The number of amides is 1. The molecule has 3 rings (SSSR count). The van der Waals surface area contributed by atoms with E-state index in [1.165, 1.54) is 0 Å². The monoisotopic (exact) mass is 397 g/mol. The molecule has 2 aromatic rings. The highest BCUT2D eigenvalue weighted by Crippen LogP contribution is 2.31. The van der Waals surface area contributed by atoms with Crippen molar-refractivity contribution in [2.45, 2.75) is 25.3 Å². The molecule has 1 aromatic carbocycles. The molecule has 1 unspecified atom stereocenters. The first-order chi connectivity index (χ1) is 9.63. The Morgan fingerprint density at radius 1 is 1.25 bits per heavy atom. The van der Waals surface area contributed by atoms with E-state index in [4.69, 9.17) is 4.42 Å². The van der Waals surface area contributed by atoms with Crippen molar-refractivity contribution in [1.29, 1.82) is 0 Å². The second kappa shape index (κ2) is 5.74. The number of hydrogen-bond donors (Lipinski definition) is 1. The van der Waals surface area contributed by atoms with E-state index >= 15 is 0 Å². The second-order valence-corrected chi connectivity index (χ2v) is 6.71. The van der Waals surface area contributed by atoms with Crippen molar-refractivity contribution in [3.8, 4) is 0 Å². The Kier molecular flexibility index (Phi) is 3.98. The summed E-state index contributed by atoms with van der Waals surface area (Å²) in [5.41, 5.74) is 1.75. The largest absolute Gasteiger partial charge is 0.469 e. The lowest BCUT2D eigenvalue weighted by Gasteiger charge is -2.22. The number of carbonyl (C=O) groups excluding carboxylic acids is 1. The second-order valence-electron chi connectivity index (χ2n) is 4.88. The average molecular weight is 399 g/mol. The van der Waals surface area contributed by atoms with Gasteiger partial charge in [-0.2, -0.15) is 0 Å². The van der Waals surface area contributed by atoms with E-state index in [-0.39, 0.29) is 11.9 Å². The summed E-state index contributed by atoms with van der Waals surface area (Å²) in [7, 11) is 0. The quantitative estimate of drug-likeness (QED) is 0.802. The van der Waals surface area contributed by atoms with E-state index in [1.54, 1.807) is 6.26 Å². The number of benzene rings is 1. The van der Waals surface area contributed by atoms with Gasteiger partial charge < -0.3 is 9.73 Å². The Balaban J connectivity index is 1.80. The molecule has 20 heavy (non-hydrogen) atoms. The average Bonchev–Trinajstić information content (AvgIpc) is 2.87. The molecule has 0 saturated carbocycles. The van der Waals surface area contributed by atoms with Gasteiger partial charge in [-0.3, -0.25) is 4.79 Å². The van der Waals surface area contributed by atoms with Crippen LogP contribution >= 0.6 is 31.9 Å². The highest BCUT2D eigenvalue weighted by Gasteiger charge is 2.24. The molecule has 1 aliphatic rings. The van der Waals surface area contributed by atoms with E-state index < -0.39 is 0 Å². The summed E-state index contributed by atoms with van der Waals surface area (Å²) in [5, 5.41) is 3.09. The molecule has 0 spiro atoms. The first kappa shape index (κ1) is 13.9. The normalized spacial score (nSPS) is 17.6. The van der Waals surface area contributed by atoms with E-state index in [1.807, 2.05) is 24.3 Å². The Labute approximate surface area is 134 Å². The summed E-state index contributed by atoms with van der Waals surface area (Å²) < 4.78 is 7.20. The van der Waals surface area contributed by atoms with Gasteiger partial charge in [0, 0.05) is 26.5 Å². The fourth-order valence-electron chi connectivity index (χ4n) is 2.56. The Morgan fingerprint density at radius 3 is 2.75 bits per heavy atom. The van der Waals surface area contributed by atoms with Crippen molar-refractivity contribution in [3.05, 3.63) is 56.4 Å². The third-order valence-corrected chi connectivity index (χ3v) is 4.40. The molecule has 104 valence electrons. The van der Waals surface area contributed by atoms with Gasteiger partial charge in [-0.1, -0.05) is 31.9 Å². The third-order valence-electron chi connectivity index (χ3n) is 3.48. The molecular formula is C15H13Br2NO2. The van der Waals surface area contributed by atoms with E-state index in [0.29, 0.717) is 5.56 Å². The van der Waals surface area contributed by atoms with Gasteiger partial charge in [0.25, 0.3) is 5.91 Å². The molecule has 0 aliphatic heterocycles. The van der Waals surface area contributed by atoms with E-state index in [2.05, 4.69) is 37.2 Å². The number of hydrogen-bond acceptors (Lipinski definition) is 2. The fourth-order valence-corrected chi connectivity index (χ4v) is 3.86. The number of aryl methyl sites for hydroxylation is 1. The molecule has 0 fully saturated rings. The van der Waals surface area contributed by atoms with Crippen LogP contribution in [0, 0.1) is 0 Å². The predicted molar refractivity (Wildman–Crippen MR) is 83.7 cm³/mol. The van der Waals surface area contributed by atoms with Crippen LogP contribution < -0.4 is 5.32 Å². The molecule has 1 heterocycles. The van der Waals surface area contributed by atoms with Gasteiger partial charge in [0.1, 0.15) is 5.76 Å². The lowest BCUT2D eigenvalue weighted by Crippen LogP contribution is -2.30. The van der Waals surface area contributed by atoms with Crippen LogP contribution in [0.3, 0.4) is 0 Å². The molecule has 1 aliphatic carbocycles. The molecule has 0 radical (unpaired) electrons. The van der Waals surface area contributed by atoms with Crippen LogP contribution in [0.15, 0.2) is 43.9 Å². The summed E-state index contributed by atoms with van der Waals surface area (Å²) in [4.78, 5) is 12.4. The molecule has 1 amide bonds. The van der Waals surface area contributed by atoms with Crippen LogP contribution in [0.5, 0.6) is 0 Å². The minimum Gasteiger partial charge on any atom is -0.469 e. The highest BCUT2D eigenvalue weighted by molar-refractivity contribution is 9.11. The van der Waals surface area contributed by atoms with Crippen molar-refractivity contribution in [1.82, 2.24) is 5.32 Å². The Morgan fingerprint density at radius 2 is 2.00 bits per heavy atom. The van der Waals surface area contributed by atoms with Gasteiger partial charge in [0.15, 0.2) is 0 Å². The molecule has 3 nitrogen and oxygen atoms in total. The zero-order valence-electron chi connectivity index (χ0n) is 10.7. The number of carbonyl (C=O) groups is 1. The number of halogens is 2. The maximum atomic E-state index is 12.4. The van der Waals surface area contributed by atoms with Gasteiger partial charge in [-0.15, -0.1) is 0 Å². The standard InChI is InChI=1S/C15H13Br2NO2/c16-10-6-9(7-11(17)8-10)15(19)18-13-2-1-3-14-12(13)4-5-20-14/h4-8,13H,1-3H2,(H,18,19). The fraction of sp³-hybridized carbons (Fsp3) is 0.267. The number of rotatable bonds is 2. The lowest BCUT2D eigenvalue weighted by atomic mass is 9.93. The molecule has 0 bridgehead atoms. The van der Waals surface area contributed by atoms with Crippen LogP contribution in [0.2, 0.25) is 0 Å². The van der Waals surface area contributed by atoms with Gasteiger partial charge >= 0.3 is 0 Å². The summed E-state index contributed by atoms with van der Waals surface area (Å²) in [6, 6.07) is 7.54. The van der Waals surface area contributed by atoms with Crippen LogP contribution in [-0.4, -0.2) is 5.91 Å². The number of furan rings is 1.